The minimum absolute atomic E-state index is 0.384. The molecule has 0 saturated heterocycles. The van der Waals surface area contributed by atoms with Crippen molar-refractivity contribution in [1.82, 2.24) is 9.97 Å². The van der Waals surface area contributed by atoms with Crippen LogP contribution in [-0.4, -0.2) is 9.97 Å². The van der Waals surface area contributed by atoms with E-state index in [1.807, 2.05) is 43.3 Å². The fourth-order valence-corrected chi connectivity index (χ4v) is 3.17. The molecular formula is C22H16F3N3. The number of benzene rings is 3. The number of hydrogen-bond acceptors (Lipinski definition) is 3. The summed E-state index contributed by atoms with van der Waals surface area (Å²) >= 11 is 0. The molecule has 0 aliphatic carbocycles. The summed E-state index contributed by atoms with van der Waals surface area (Å²) in [7, 11) is 0. The van der Waals surface area contributed by atoms with E-state index in [0.29, 0.717) is 11.4 Å². The summed E-state index contributed by atoms with van der Waals surface area (Å²) in [4.78, 5) is 8.38. The van der Waals surface area contributed by atoms with Crippen molar-refractivity contribution < 1.29 is 13.2 Å². The van der Waals surface area contributed by atoms with Gasteiger partial charge in [0, 0.05) is 23.0 Å². The Kier molecular flexibility index (Phi) is 4.47. The highest BCUT2D eigenvalue weighted by molar-refractivity contribution is 5.87. The number of nitrogens with zero attached hydrogens (tertiary/aromatic N) is 2. The topological polar surface area (TPSA) is 37.8 Å². The van der Waals surface area contributed by atoms with Gasteiger partial charge in [-0.25, -0.2) is 9.97 Å². The van der Waals surface area contributed by atoms with Crippen LogP contribution in [0, 0.1) is 6.92 Å². The number of aryl methyl sites for hydroxylation is 1. The highest BCUT2D eigenvalue weighted by atomic mass is 19.4. The van der Waals surface area contributed by atoms with E-state index in [0.717, 1.165) is 39.7 Å². The molecule has 0 spiro atoms. The van der Waals surface area contributed by atoms with Crippen molar-refractivity contribution in [2.24, 2.45) is 0 Å². The average molecular weight is 379 g/mol. The zero-order valence-corrected chi connectivity index (χ0v) is 15.0. The number of hydrogen-bond donors (Lipinski definition) is 1. The molecule has 1 heterocycles. The summed E-state index contributed by atoms with van der Waals surface area (Å²) in [6, 6.07) is 16.8. The molecule has 0 aliphatic rings. The van der Waals surface area contributed by atoms with E-state index in [4.69, 9.17) is 0 Å². The lowest BCUT2D eigenvalue weighted by atomic mass is 10.0. The van der Waals surface area contributed by atoms with Crippen LogP contribution < -0.4 is 5.32 Å². The van der Waals surface area contributed by atoms with Crippen molar-refractivity contribution in [1.29, 1.82) is 0 Å². The molecule has 6 heteroatoms. The molecule has 0 fully saturated rings. The molecule has 1 N–H and O–H groups in total. The first-order valence-corrected chi connectivity index (χ1v) is 8.65. The van der Waals surface area contributed by atoms with Gasteiger partial charge in [-0.05, 0) is 66.1 Å². The van der Waals surface area contributed by atoms with Crippen molar-refractivity contribution >= 4 is 22.3 Å². The molecule has 4 aromatic rings. The highest BCUT2D eigenvalue weighted by Gasteiger charge is 2.30. The van der Waals surface area contributed by atoms with Gasteiger partial charge >= 0.3 is 6.18 Å². The lowest BCUT2D eigenvalue weighted by Gasteiger charge is -2.12. The van der Waals surface area contributed by atoms with Gasteiger partial charge in [0.15, 0.2) is 0 Å². The van der Waals surface area contributed by atoms with Crippen LogP contribution in [0.3, 0.4) is 0 Å². The Morgan fingerprint density at radius 3 is 2.39 bits per heavy atom. The molecule has 0 saturated carbocycles. The first-order chi connectivity index (χ1) is 13.4. The van der Waals surface area contributed by atoms with E-state index in [-0.39, 0.29) is 0 Å². The smallest absolute Gasteiger partial charge is 0.355 e. The molecule has 1 aromatic heterocycles. The number of anilines is 2. The molecule has 3 nitrogen and oxygen atoms in total. The van der Waals surface area contributed by atoms with Crippen LogP contribution in [-0.2, 0) is 6.18 Å². The second-order valence-electron chi connectivity index (χ2n) is 6.54. The van der Waals surface area contributed by atoms with Gasteiger partial charge in [-0.3, -0.25) is 0 Å². The van der Waals surface area contributed by atoms with Crippen LogP contribution in [0.5, 0.6) is 0 Å². The van der Waals surface area contributed by atoms with Gasteiger partial charge in [0.2, 0.25) is 0 Å². The molecule has 4 rings (SSSR count). The van der Waals surface area contributed by atoms with Crippen molar-refractivity contribution in [3.8, 4) is 11.1 Å². The van der Waals surface area contributed by atoms with Crippen molar-refractivity contribution in [2.75, 3.05) is 5.32 Å². The number of halogens is 3. The number of fused-ring (bicyclic) bond motifs is 1. The van der Waals surface area contributed by atoms with Crippen LogP contribution in [0.1, 0.15) is 11.1 Å². The Balaban J connectivity index is 1.67. The van der Waals surface area contributed by atoms with Crippen LogP contribution in [0.4, 0.5) is 24.5 Å². The molecule has 0 amide bonds. The standard InChI is InChI=1S/C22H16F3N3/c1-14-8-16(9-17-12-26-13-27-21(14)17)15-4-2-6-19(10-15)28-20-7-3-5-18(11-20)22(23,24)25/h2-13,28H,1H3. The minimum Gasteiger partial charge on any atom is -0.355 e. The van der Waals surface area contributed by atoms with E-state index < -0.39 is 11.7 Å². The third-order valence-corrected chi connectivity index (χ3v) is 4.47. The lowest BCUT2D eigenvalue weighted by Crippen LogP contribution is -2.05. The highest BCUT2D eigenvalue weighted by Crippen LogP contribution is 2.32. The number of nitrogens with one attached hydrogen (secondary N) is 1. The van der Waals surface area contributed by atoms with E-state index in [1.165, 1.54) is 12.4 Å². The van der Waals surface area contributed by atoms with Gasteiger partial charge in [0.05, 0.1) is 11.1 Å². The van der Waals surface area contributed by atoms with Crippen molar-refractivity contribution in [3.63, 3.8) is 0 Å². The Morgan fingerprint density at radius 2 is 1.61 bits per heavy atom. The summed E-state index contributed by atoms with van der Waals surface area (Å²) in [5.74, 6) is 0. The maximum Gasteiger partial charge on any atom is 0.416 e. The van der Waals surface area contributed by atoms with Crippen LogP contribution in [0.2, 0.25) is 0 Å². The lowest BCUT2D eigenvalue weighted by molar-refractivity contribution is -0.137. The number of alkyl halides is 3. The maximum absolute atomic E-state index is 12.9. The molecule has 0 atom stereocenters. The van der Waals surface area contributed by atoms with Gasteiger partial charge in [0.1, 0.15) is 6.33 Å². The summed E-state index contributed by atoms with van der Waals surface area (Å²) in [5, 5.41) is 3.99. The molecule has 0 bridgehead atoms. The van der Waals surface area contributed by atoms with E-state index in [2.05, 4.69) is 15.3 Å². The predicted molar refractivity (Wildman–Crippen MR) is 104 cm³/mol. The summed E-state index contributed by atoms with van der Waals surface area (Å²) in [5.41, 5.74) is 4.29. The molecule has 0 radical (unpaired) electrons. The SMILES string of the molecule is Cc1cc(-c2cccc(Nc3cccc(C(F)(F)F)c3)c2)cc2cncnc12. The zero-order chi connectivity index (χ0) is 19.7. The summed E-state index contributed by atoms with van der Waals surface area (Å²) in [6.07, 6.45) is -1.08. The monoisotopic (exact) mass is 379 g/mol. The van der Waals surface area contributed by atoms with Crippen LogP contribution >= 0.6 is 0 Å². The fraction of sp³-hybridized carbons (Fsp3) is 0.0909. The van der Waals surface area contributed by atoms with Crippen LogP contribution in [0.25, 0.3) is 22.0 Å². The fourth-order valence-electron chi connectivity index (χ4n) is 3.17. The van der Waals surface area contributed by atoms with E-state index >= 15 is 0 Å². The molecule has 3 aromatic carbocycles. The molecular weight excluding hydrogens is 363 g/mol. The maximum atomic E-state index is 12.9. The molecule has 0 aliphatic heterocycles. The number of rotatable bonds is 3. The van der Waals surface area contributed by atoms with Crippen LogP contribution in [0.15, 0.2) is 73.2 Å². The second kappa shape index (κ2) is 6.96. The largest absolute Gasteiger partial charge is 0.416 e. The second-order valence-corrected chi connectivity index (χ2v) is 6.54. The van der Waals surface area contributed by atoms with Crippen molar-refractivity contribution in [2.45, 2.75) is 13.1 Å². The predicted octanol–water partition coefficient (Wildman–Crippen LogP) is 6.37. The molecule has 140 valence electrons. The van der Waals surface area contributed by atoms with Crippen molar-refractivity contribution in [3.05, 3.63) is 84.3 Å². The summed E-state index contributed by atoms with van der Waals surface area (Å²) in [6.45, 7) is 1.99. The van der Waals surface area contributed by atoms with E-state index in [9.17, 15) is 13.2 Å². The van der Waals surface area contributed by atoms with Gasteiger partial charge in [0.25, 0.3) is 0 Å². The summed E-state index contributed by atoms with van der Waals surface area (Å²) < 4.78 is 38.8. The quantitative estimate of drug-likeness (QED) is 0.450. The number of aromatic nitrogens is 2. The Labute approximate surface area is 159 Å². The van der Waals surface area contributed by atoms with Gasteiger partial charge in [-0.15, -0.1) is 0 Å². The van der Waals surface area contributed by atoms with Gasteiger partial charge in [-0.2, -0.15) is 13.2 Å². The molecule has 28 heavy (non-hydrogen) atoms. The third-order valence-electron chi connectivity index (χ3n) is 4.47. The average Bonchev–Trinajstić information content (AvgIpc) is 2.68. The first kappa shape index (κ1) is 18.0. The van der Waals surface area contributed by atoms with Gasteiger partial charge < -0.3 is 5.32 Å². The Bertz CT molecular complexity index is 1150. The van der Waals surface area contributed by atoms with Gasteiger partial charge in [-0.1, -0.05) is 18.2 Å². The normalized spacial score (nSPS) is 11.6. The third kappa shape index (κ3) is 3.67. The molecule has 0 unspecified atom stereocenters. The Morgan fingerprint density at radius 1 is 0.857 bits per heavy atom. The van der Waals surface area contributed by atoms with E-state index in [1.54, 1.807) is 12.3 Å². The first-order valence-electron chi connectivity index (χ1n) is 8.65. The zero-order valence-electron chi connectivity index (χ0n) is 15.0. The Hall–Kier alpha value is -3.41. The minimum atomic E-state index is -4.37.